The fourth-order valence-electron chi connectivity index (χ4n) is 3.51. The zero-order valence-corrected chi connectivity index (χ0v) is 18.7. The van der Waals surface area contributed by atoms with Crippen LogP contribution in [0.25, 0.3) is 0 Å². The molecule has 4 nitrogen and oxygen atoms in total. The van der Waals surface area contributed by atoms with Gasteiger partial charge in [-0.3, -0.25) is 4.79 Å². The third-order valence-electron chi connectivity index (χ3n) is 5.09. The molecule has 1 N–H and O–H groups in total. The summed E-state index contributed by atoms with van der Waals surface area (Å²) in [4.78, 5) is 25.4. The lowest BCUT2D eigenvalue weighted by molar-refractivity contribution is -0.138. The summed E-state index contributed by atoms with van der Waals surface area (Å²) in [5, 5.41) is 3.43. The minimum atomic E-state index is -0.674. The Bertz CT molecular complexity index is 1030. The van der Waals surface area contributed by atoms with Crippen molar-refractivity contribution in [1.82, 2.24) is 5.32 Å². The SMILES string of the molecule is CCOC(=O)/C(=C/NCCC(c1ccccc1)c1ccccc1)C(=O)c1ccccc1Cl. The highest BCUT2D eigenvalue weighted by molar-refractivity contribution is 6.36. The normalized spacial score (nSPS) is 11.3. The maximum atomic E-state index is 13.0. The first kappa shape index (κ1) is 23.3. The first-order valence-corrected chi connectivity index (χ1v) is 11.0. The Morgan fingerprint density at radius 3 is 2.03 bits per heavy atom. The van der Waals surface area contributed by atoms with E-state index >= 15 is 0 Å². The first-order chi connectivity index (χ1) is 15.6. The minimum absolute atomic E-state index is 0.0732. The van der Waals surface area contributed by atoms with E-state index in [2.05, 4.69) is 29.6 Å². The van der Waals surface area contributed by atoms with Crippen molar-refractivity contribution in [2.45, 2.75) is 19.3 Å². The van der Waals surface area contributed by atoms with Crippen LogP contribution in [0.15, 0.2) is 96.7 Å². The number of carbonyl (C=O) groups is 2. The molecule has 32 heavy (non-hydrogen) atoms. The summed E-state index contributed by atoms with van der Waals surface area (Å²) in [6.07, 6.45) is 2.22. The second-order valence-corrected chi connectivity index (χ2v) is 7.61. The highest BCUT2D eigenvalue weighted by Gasteiger charge is 2.23. The molecule has 0 amide bonds. The Hall–Kier alpha value is -3.37. The summed E-state index contributed by atoms with van der Waals surface area (Å²) >= 11 is 6.16. The Morgan fingerprint density at radius 1 is 0.906 bits per heavy atom. The molecule has 0 saturated carbocycles. The van der Waals surface area contributed by atoms with Gasteiger partial charge in [-0.05, 0) is 36.6 Å². The van der Waals surface area contributed by atoms with E-state index in [1.807, 2.05) is 36.4 Å². The van der Waals surface area contributed by atoms with E-state index < -0.39 is 11.8 Å². The highest BCUT2D eigenvalue weighted by atomic mass is 35.5. The predicted octanol–water partition coefficient (Wildman–Crippen LogP) is 5.78. The van der Waals surface area contributed by atoms with Crippen molar-refractivity contribution in [3.63, 3.8) is 0 Å². The van der Waals surface area contributed by atoms with Crippen molar-refractivity contribution >= 4 is 23.4 Å². The van der Waals surface area contributed by atoms with Crippen molar-refractivity contribution in [2.75, 3.05) is 13.2 Å². The number of hydrogen-bond acceptors (Lipinski definition) is 4. The summed E-state index contributed by atoms with van der Waals surface area (Å²) in [5.74, 6) is -0.958. The molecule has 0 unspecified atom stereocenters. The standard InChI is InChI=1S/C27H26ClNO3/c1-2-32-27(31)24(26(30)23-15-9-10-16-25(23)28)19-29-18-17-22(20-11-5-3-6-12-20)21-13-7-4-8-14-21/h3-16,19,22,29H,2,17-18H2,1H3/b24-19+. The van der Waals surface area contributed by atoms with Gasteiger partial charge in [0.1, 0.15) is 5.57 Å². The smallest absolute Gasteiger partial charge is 0.343 e. The molecule has 3 aromatic carbocycles. The van der Waals surface area contributed by atoms with E-state index in [0.29, 0.717) is 11.6 Å². The monoisotopic (exact) mass is 447 g/mol. The number of Topliss-reactive ketones (excluding diaryl/α,β-unsaturated/α-hetero) is 1. The molecule has 0 aliphatic carbocycles. The van der Waals surface area contributed by atoms with Crippen LogP contribution in [0, 0.1) is 0 Å². The lowest BCUT2D eigenvalue weighted by Gasteiger charge is -2.18. The molecule has 0 atom stereocenters. The molecule has 0 radical (unpaired) electrons. The Balaban J connectivity index is 1.77. The number of benzene rings is 3. The molecular weight excluding hydrogens is 422 g/mol. The van der Waals surface area contributed by atoms with Crippen molar-refractivity contribution in [2.24, 2.45) is 0 Å². The van der Waals surface area contributed by atoms with Crippen LogP contribution in [-0.4, -0.2) is 24.9 Å². The molecule has 0 heterocycles. The summed E-state index contributed by atoms with van der Waals surface area (Å²) in [5.41, 5.74) is 2.61. The third kappa shape index (κ3) is 6.08. The average Bonchev–Trinajstić information content (AvgIpc) is 2.82. The number of carbonyl (C=O) groups excluding carboxylic acids is 2. The van der Waals surface area contributed by atoms with E-state index in [-0.39, 0.29) is 23.7 Å². The zero-order valence-electron chi connectivity index (χ0n) is 18.0. The van der Waals surface area contributed by atoms with Gasteiger partial charge in [-0.2, -0.15) is 0 Å². The molecule has 0 saturated heterocycles. The van der Waals surface area contributed by atoms with E-state index in [1.54, 1.807) is 31.2 Å². The number of ether oxygens (including phenoxy) is 1. The summed E-state index contributed by atoms with van der Waals surface area (Å²) in [7, 11) is 0. The average molecular weight is 448 g/mol. The van der Waals surface area contributed by atoms with Gasteiger partial charge in [0.25, 0.3) is 0 Å². The minimum Gasteiger partial charge on any atom is -0.462 e. The third-order valence-corrected chi connectivity index (χ3v) is 5.42. The van der Waals surface area contributed by atoms with Gasteiger partial charge in [-0.15, -0.1) is 0 Å². The van der Waals surface area contributed by atoms with Crippen LogP contribution in [-0.2, 0) is 9.53 Å². The van der Waals surface area contributed by atoms with E-state index in [4.69, 9.17) is 16.3 Å². The Morgan fingerprint density at radius 2 is 1.47 bits per heavy atom. The molecule has 164 valence electrons. The first-order valence-electron chi connectivity index (χ1n) is 10.6. The Labute approximate surface area is 193 Å². The van der Waals surface area contributed by atoms with Gasteiger partial charge >= 0.3 is 5.97 Å². The van der Waals surface area contributed by atoms with E-state index in [1.165, 1.54) is 17.3 Å². The van der Waals surface area contributed by atoms with Crippen LogP contribution in [0.4, 0.5) is 0 Å². The number of ketones is 1. The number of rotatable bonds is 10. The van der Waals surface area contributed by atoms with Crippen LogP contribution < -0.4 is 5.32 Å². The number of nitrogens with one attached hydrogen (secondary N) is 1. The fourth-order valence-corrected chi connectivity index (χ4v) is 3.74. The lowest BCUT2D eigenvalue weighted by atomic mass is 9.88. The summed E-state index contributed by atoms with van der Waals surface area (Å²) in [6.45, 7) is 2.44. The van der Waals surface area contributed by atoms with Gasteiger partial charge in [0.2, 0.25) is 5.78 Å². The van der Waals surface area contributed by atoms with Gasteiger partial charge in [0.15, 0.2) is 0 Å². The quantitative estimate of drug-likeness (QED) is 0.107. The molecule has 3 rings (SSSR count). The second-order valence-electron chi connectivity index (χ2n) is 7.20. The van der Waals surface area contributed by atoms with E-state index in [9.17, 15) is 9.59 Å². The number of hydrogen-bond donors (Lipinski definition) is 1. The molecule has 0 spiro atoms. The summed E-state index contributed by atoms with van der Waals surface area (Å²) < 4.78 is 5.09. The van der Waals surface area contributed by atoms with Gasteiger partial charge in [-0.25, -0.2) is 4.79 Å². The van der Waals surface area contributed by atoms with Gasteiger partial charge < -0.3 is 10.1 Å². The zero-order chi connectivity index (χ0) is 22.8. The molecule has 0 fully saturated rings. The summed E-state index contributed by atoms with van der Waals surface area (Å²) in [6, 6.07) is 27.2. The van der Waals surface area contributed by atoms with E-state index in [0.717, 1.165) is 6.42 Å². The van der Waals surface area contributed by atoms with Crippen LogP contribution in [0.1, 0.15) is 40.7 Å². The van der Waals surface area contributed by atoms with Crippen molar-refractivity contribution in [3.05, 3.63) is 118 Å². The molecule has 3 aromatic rings. The highest BCUT2D eigenvalue weighted by Crippen LogP contribution is 2.27. The van der Waals surface area contributed by atoms with Crippen molar-refractivity contribution in [3.8, 4) is 0 Å². The predicted molar refractivity (Wildman–Crippen MR) is 128 cm³/mol. The van der Waals surface area contributed by atoms with Gasteiger partial charge in [0, 0.05) is 24.2 Å². The van der Waals surface area contributed by atoms with Crippen molar-refractivity contribution < 1.29 is 14.3 Å². The topological polar surface area (TPSA) is 55.4 Å². The maximum Gasteiger partial charge on any atom is 0.343 e. The molecular formula is C27H26ClNO3. The van der Waals surface area contributed by atoms with Gasteiger partial charge in [0.05, 0.1) is 11.6 Å². The molecule has 0 aromatic heterocycles. The lowest BCUT2D eigenvalue weighted by Crippen LogP contribution is -2.21. The maximum absolute atomic E-state index is 13.0. The second kappa shape index (κ2) is 11.9. The van der Waals surface area contributed by atoms with Crippen molar-refractivity contribution in [1.29, 1.82) is 0 Å². The molecule has 0 bridgehead atoms. The Kier molecular flexibility index (Phi) is 8.64. The fraction of sp³-hybridized carbons (Fsp3) is 0.185. The molecule has 5 heteroatoms. The molecule has 0 aliphatic rings. The van der Waals surface area contributed by atoms with Crippen LogP contribution >= 0.6 is 11.6 Å². The largest absolute Gasteiger partial charge is 0.462 e. The van der Waals surface area contributed by atoms with Crippen LogP contribution in [0.5, 0.6) is 0 Å². The molecule has 0 aliphatic heterocycles. The number of halogens is 1. The van der Waals surface area contributed by atoms with Crippen LogP contribution in [0.3, 0.4) is 0 Å². The van der Waals surface area contributed by atoms with Gasteiger partial charge in [-0.1, -0.05) is 84.4 Å². The number of esters is 1. The van der Waals surface area contributed by atoms with Crippen LogP contribution in [0.2, 0.25) is 5.02 Å².